The number of rotatable bonds is 12. The van der Waals surface area contributed by atoms with Gasteiger partial charge in [0.2, 0.25) is 10.0 Å². The number of hydrogen-bond acceptors (Lipinski definition) is 8. The van der Waals surface area contributed by atoms with Gasteiger partial charge < -0.3 is 4.90 Å². The molecule has 0 unspecified atom stereocenters. The van der Waals surface area contributed by atoms with Gasteiger partial charge in [-0.25, -0.2) is 21.8 Å². The SMILES string of the molecule is CCN(CC)CCN(C(=O)c1ccc(S(=O)(=O)N(CC)CC)cc1)c1nc2ccc(S(C)(=O)=O)cc2s1.Cl. The molecule has 210 valence electrons. The van der Waals surface area contributed by atoms with E-state index in [2.05, 4.69) is 23.7 Å². The van der Waals surface area contributed by atoms with Crippen molar-refractivity contribution in [3.8, 4) is 0 Å². The summed E-state index contributed by atoms with van der Waals surface area (Å²) in [4.78, 5) is 22.4. The molecular weight excluding hydrogens is 568 g/mol. The highest BCUT2D eigenvalue weighted by Gasteiger charge is 2.25. The quantitative estimate of drug-likeness (QED) is 0.306. The molecule has 9 nitrogen and oxygen atoms in total. The van der Waals surface area contributed by atoms with Crippen molar-refractivity contribution in [2.45, 2.75) is 37.5 Å². The topological polar surface area (TPSA) is 108 Å². The lowest BCUT2D eigenvalue weighted by Gasteiger charge is -2.25. The number of halogens is 1. The molecule has 0 aliphatic rings. The highest BCUT2D eigenvalue weighted by atomic mass is 35.5. The van der Waals surface area contributed by atoms with Crippen molar-refractivity contribution < 1.29 is 21.6 Å². The minimum Gasteiger partial charge on any atom is -0.302 e. The molecular formula is C25H35ClN4O5S3. The second-order valence-corrected chi connectivity index (χ2v) is 13.5. The van der Waals surface area contributed by atoms with Gasteiger partial charge in [-0.3, -0.25) is 9.69 Å². The summed E-state index contributed by atoms with van der Waals surface area (Å²) in [5, 5.41) is 0.456. The zero-order valence-corrected chi connectivity index (χ0v) is 25.5. The van der Waals surface area contributed by atoms with E-state index >= 15 is 0 Å². The monoisotopic (exact) mass is 602 g/mol. The number of aromatic nitrogens is 1. The summed E-state index contributed by atoms with van der Waals surface area (Å²) in [7, 11) is -7.02. The summed E-state index contributed by atoms with van der Waals surface area (Å²) in [6.07, 6.45) is 1.15. The van der Waals surface area contributed by atoms with Gasteiger partial charge in [0.05, 0.1) is 20.0 Å². The van der Waals surface area contributed by atoms with Crippen molar-refractivity contribution in [3.05, 3.63) is 48.0 Å². The largest absolute Gasteiger partial charge is 0.302 e. The number of fused-ring (bicyclic) bond motifs is 1. The Morgan fingerprint density at radius 3 is 1.95 bits per heavy atom. The first kappa shape index (κ1) is 32.1. The number of sulfone groups is 1. The number of benzene rings is 2. The van der Waals surface area contributed by atoms with Gasteiger partial charge in [-0.15, -0.1) is 12.4 Å². The number of carbonyl (C=O) groups excluding carboxylic acids is 1. The Bertz CT molecular complexity index is 1450. The molecule has 3 rings (SSSR count). The van der Waals surface area contributed by atoms with Gasteiger partial charge >= 0.3 is 0 Å². The van der Waals surface area contributed by atoms with Gasteiger partial charge in [0.25, 0.3) is 5.91 Å². The van der Waals surface area contributed by atoms with E-state index in [-0.39, 0.29) is 28.1 Å². The van der Waals surface area contributed by atoms with Crippen molar-refractivity contribution in [1.29, 1.82) is 0 Å². The Hall–Kier alpha value is -2.09. The van der Waals surface area contributed by atoms with Gasteiger partial charge in [0, 0.05) is 38.0 Å². The number of thiazole rings is 1. The molecule has 0 fully saturated rings. The summed E-state index contributed by atoms with van der Waals surface area (Å²) in [5.74, 6) is -0.304. The lowest BCUT2D eigenvalue weighted by molar-refractivity contribution is 0.0983. The summed E-state index contributed by atoms with van der Waals surface area (Å²) in [5.41, 5.74) is 0.947. The average molecular weight is 603 g/mol. The molecule has 0 radical (unpaired) electrons. The maximum absolute atomic E-state index is 13.7. The Morgan fingerprint density at radius 2 is 1.42 bits per heavy atom. The van der Waals surface area contributed by atoms with Crippen molar-refractivity contribution in [2.24, 2.45) is 0 Å². The van der Waals surface area contributed by atoms with E-state index in [1.807, 2.05) is 0 Å². The molecule has 0 spiro atoms. The van der Waals surface area contributed by atoms with Crippen LogP contribution in [-0.4, -0.2) is 82.5 Å². The second-order valence-electron chi connectivity index (χ2n) is 8.50. The van der Waals surface area contributed by atoms with Crippen LogP contribution in [0.4, 0.5) is 5.13 Å². The van der Waals surface area contributed by atoms with Gasteiger partial charge in [-0.05, 0) is 55.6 Å². The maximum atomic E-state index is 13.7. The fraction of sp³-hybridized carbons (Fsp3) is 0.440. The smallest absolute Gasteiger partial charge is 0.260 e. The van der Waals surface area contributed by atoms with Crippen LogP contribution in [0.15, 0.2) is 52.3 Å². The number of sulfonamides is 1. The van der Waals surface area contributed by atoms with Gasteiger partial charge in [0.15, 0.2) is 15.0 Å². The molecule has 3 aromatic rings. The van der Waals surface area contributed by atoms with E-state index in [9.17, 15) is 21.6 Å². The van der Waals surface area contributed by atoms with E-state index in [1.165, 1.54) is 46.0 Å². The van der Waals surface area contributed by atoms with E-state index in [0.29, 0.717) is 47.1 Å². The highest BCUT2D eigenvalue weighted by molar-refractivity contribution is 7.90. The summed E-state index contributed by atoms with van der Waals surface area (Å²) in [6, 6.07) is 10.7. The van der Waals surface area contributed by atoms with Crippen molar-refractivity contribution in [2.75, 3.05) is 50.4 Å². The molecule has 0 atom stereocenters. The molecule has 0 N–H and O–H groups in total. The number of anilines is 1. The van der Waals surface area contributed by atoms with Crippen molar-refractivity contribution in [3.63, 3.8) is 0 Å². The van der Waals surface area contributed by atoms with Crippen LogP contribution >= 0.6 is 23.7 Å². The summed E-state index contributed by atoms with van der Waals surface area (Å²) in [6.45, 7) is 11.0. The van der Waals surface area contributed by atoms with E-state index in [0.717, 1.165) is 19.3 Å². The third-order valence-electron chi connectivity index (χ3n) is 6.23. The second kappa shape index (κ2) is 13.3. The maximum Gasteiger partial charge on any atom is 0.260 e. The normalized spacial score (nSPS) is 12.2. The number of hydrogen-bond donors (Lipinski definition) is 0. The zero-order valence-electron chi connectivity index (χ0n) is 22.2. The fourth-order valence-electron chi connectivity index (χ4n) is 3.94. The molecule has 0 aliphatic heterocycles. The minimum absolute atomic E-state index is 0. The molecule has 0 saturated heterocycles. The number of carbonyl (C=O) groups is 1. The standard InChI is InChI=1S/C25H34N4O5S3.ClH/c1-6-27(7-2)16-17-29(25-26-22-15-14-21(36(5,31)32)18-23(22)35-25)24(30)19-10-12-20(13-11-19)37(33,34)28(8-3)9-4;/h10-15,18H,6-9,16-17H2,1-5H3;1H. The third kappa shape index (κ3) is 7.10. The van der Waals surface area contributed by atoms with Crippen molar-refractivity contribution >= 4 is 64.9 Å². The van der Waals surface area contributed by atoms with Crippen LogP contribution in [0.5, 0.6) is 0 Å². The predicted molar refractivity (Wildman–Crippen MR) is 156 cm³/mol. The molecule has 0 bridgehead atoms. The molecule has 2 aromatic carbocycles. The van der Waals surface area contributed by atoms with Crippen LogP contribution in [0.2, 0.25) is 0 Å². The highest BCUT2D eigenvalue weighted by Crippen LogP contribution is 2.31. The summed E-state index contributed by atoms with van der Waals surface area (Å²) >= 11 is 1.25. The van der Waals surface area contributed by atoms with E-state index in [1.54, 1.807) is 30.9 Å². The number of likely N-dealkylation sites (N-methyl/N-ethyl adjacent to an activating group) is 1. The first-order valence-corrected chi connectivity index (χ1v) is 16.4. The fourth-order valence-corrected chi connectivity index (χ4v) is 7.15. The minimum atomic E-state index is -3.64. The van der Waals surface area contributed by atoms with Crippen LogP contribution in [0.1, 0.15) is 38.1 Å². The van der Waals surface area contributed by atoms with Gasteiger partial charge in [0.1, 0.15) is 0 Å². The first-order chi connectivity index (χ1) is 17.5. The number of nitrogens with zero attached hydrogens (tertiary/aromatic N) is 4. The van der Waals surface area contributed by atoms with Gasteiger partial charge in [-0.1, -0.05) is 39.0 Å². The van der Waals surface area contributed by atoms with Crippen LogP contribution in [0, 0.1) is 0 Å². The predicted octanol–water partition coefficient (Wildman–Crippen LogP) is 4.14. The Kier molecular flexibility index (Phi) is 11.3. The van der Waals surface area contributed by atoms with Gasteiger partial charge in [-0.2, -0.15) is 4.31 Å². The van der Waals surface area contributed by atoms with Crippen LogP contribution in [-0.2, 0) is 19.9 Å². The van der Waals surface area contributed by atoms with Crippen LogP contribution in [0.25, 0.3) is 10.2 Å². The zero-order chi connectivity index (χ0) is 27.4. The molecule has 38 heavy (non-hydrogen) atoms. The molecule has 0 aliphatic carbocycles. The molecule has 1 aromatic heterocycles. The van der Waals surface area contributed by atoms with Crippen LogP contribution in [0.3, 0.4) is 0 Å². The Labute approximate surface area is 235 Å². The van der Waals surface area contributed by atoms with E-state index < -0.39 is 19.9 Å². The average Bonchev–Trinajstić information content (AvgIpc) is 3.29. The lowest BCUT2D eigenvalue weighted by atomic mass is 10.2. The third-order valence-corrected chi connectivity index (χ3v) is 10.4. The molecule has 1 heterocycles. The number of amides is 1. The van der Waals surface area contributed by atoms with Crippen molar-refractivity contribution in [1.82, 2.24) is 14.2 Å². The molecule has 0 saturated carbocycles. The lowest BCUT2D eigenvalue weighted by Crippen LogP contribution is -2.39. The van der Waals surface area contributed by atoms with Crippen LogP contribution < -0.4 is 4.90 Å². The Balaban J connectivity index is 0.00000507. The molecule has 1 amide bonds. The van der Waals surface area contributed by atoms with E-state index in [4.69, 9.17) is 0 Å². The first-order valence-electron chi connectivity index (χ1n) is 12.2. The Morgan fingerprint density at radius 1 is 0.842 bits per heavy atom. The molecule has 13 heteroatoms. The summed E-state index contributed by atoms with van der Waals surface area (Å²) < 4.78 is 51.7.